The number of nitrogens with one attached hydrogen (secondary N) is 3. The van der Waals surface area contributed by atoms with Gasteiger partial charge in [0.25, 0.3) is 12.1 Å². The normalized spacial score (nSPS) is 18.1. The van der Waals surface area contributed by atoms with Gasteiger partial charge in [0.1, 0.15) is 5.82 Å². The summed E-state index contributed by atoms with van der Waals surface area (Å²) < 4.78 is 75.8. The van der Waals surface area contributed by atoms with Crippen molar-refractivity contribution in [3.63, 3.8) is 0 Å². The lowest BCUT2D eigenvalue weighted by Gasteiger charge is -2.26. The van der Waals surface area contributed by atoms with Crippen LogP contribution in [0.1, 0.15) is 49.0 Å². The molecule has 1 aliphatic rings. The molecule has 1 fully saturated rings. The third kappa shape index (κ3) is 7.99. The molecule has 0 saturated heterocycles. The molecule has 1 saturated carbocycles. The number of nitrogens with zero attached hydrogens (tertiary/aromatic N) is 3. The Morgan fingerprint density at radius 3 is 2.34 bits per heavy atom. The summed E-state index contributed by atoms with van der Waals surface area (Å²) in [6, 6.07) is 5.99. The van der Waals surface area contributed by atoms with Crippen molar-refractivity contribution in [1.82, 2.24) is 10.2 Å². The fourth-order valence-electron chi connectivity index (χ4n) is 4.83. The van der Waals surface area contributed by atoms with Crippen molar-refractivity contribution in [2.75, 3.05) is 36.6 Å². The molecule has 3 amide bonds. The van der Waals surface area contributed by atoms with Crippen LogP contribution in [0.15, 0.2) is 53.2 Å². The fraction of sp³-hybridized carbons (Fsp3) is 0.407. The van der Waals surface area contributed by atoms with E-state index in [2.05, 4.69) is 20.8 Å². The summed E-state index contributed by atoms with van der Waals surface area (Å²) in [6.07, 6.45) is -2.03. The van der Waals surface area contributed by atoms with Gasteiger partial charge in [-0.2, -0.15) is 13.2 Å². The summed E-state index contributed by atoms with van der Waals surface area (Å²) in [5.41, 5.74) is -2.59. The fourth-order valence-corrected chi connectivity index (χ4v) is 4.83. The van der Waals surface area contributed by atoms with Crippen LogP contribution in [0.2, 0.25) is 0 Å². The maximum absolute atomic E-state index is 14.6. The summed E-state index contributed by atoms with van der Waals surface area (Å²) in [4.78, 5) is 27.0. The third-order valence-electron chi connectivity index (χ3n) is 6.73. The number of alkyl halides is 4. The molecule has 1 aliphatic carbocycles. The highest BCUT2D eigenvalue weighted by Crippen LogP contribution is 2.34. The first-order valence-electron chi connectivity index (χ1n) is 12.9. The van der Waals surface area contributed by atoms with Crippen molar-refractivity contribution in [2.45, 2.75) is 44.1 Å². The lowest BCUT2D eigenvalue weighted by molar-refractivity contribution is -0.787. The van der Waals surface area contributed by atoms with Gasteiger partial charge < -0.3 is 15.5 Å². The van der Waals surface area contributed by atoms with Crippen molar-refractivity contribution in [3.8, 4) is 0 Å². The monoisotopic (exact) mass is 581 g/mol. The number of benzene rings is 2. The maximum Gasteiger partial charge on any atom is 0.416 e. The molecule has 1 heterocycles. The van der Waals surface area contributed by atoms with Crippen LogP contribution in [-0.4, -0.2) is 42.7 Å². The van der Waals surface area contributed by atoms with Gasteiger partial charge in [-0.3, -0.25) is 14.6 Å². The highest BCUT2D eigenvalue weighted by molar-refractivity contribution is 6.00. The van der Waals surface area contributed by atoms with Crippen molar-refractivity contribution >= 4 is 29.2 Å². The van der Waals surface area contributed by atoms with E-state index in [-0.39, 0.29) is 17.6 Å². The standard InChI is InChI=1S/C27H29F5N6O3/c1-37(2)14-16-7-9-20(10-8-16)38-15-23(41-36-38)35-26(40)34-19-12-17(27(30,31)32)11-18(13-19)33-25(39)24(29)21-5-3-4-6-22(21)28/h3-6,11-13,15-16,20,24H,7-10,14H2,1-2H3,(H2-,33,34,35,36,39,40)/p+1/t16?,20?,24-/m0/s1. The minimum Gasteiger partial charge on any atom is -0.323 e. The lowest BCUT2D eigenvalue weighted by atomic mass is 9.86. The molecule has 9 nitrogen and oxygen atoms in total. The first-order chi connectivity index (χ1) is 19.4. The molecule has 3 N–H and O–H groups in total. The Balaban J connectivity index is 1.41. The molecule has 14 heteroatoms. The Morgan fingerprint density at radius 1 is 1.05 bits per heavy atom. The van der Waals surface area contributed by atoms with Crippen LogP contribution in [0.4, 0.5) is 44.0 Å². The molecule has 0 radical (unpaired) electrons. The highest BCUT2D eigenvalue weighted by atomic mass is 19.4. The Bertz CT molecular complexity index is 1370. The molecule has 41 heavy (non-hydrogen) atoms. The van der Waals surface area contributed by atoms with Crippen LogP contribution in [0, 0.1) is 11.7 Å². The zero-order valence-electron chi connectivity index (χ0n) is 22.3. The average Bonchev–Trinajstić information content (AvgIpc) is 3.36. The second kappa shape index (κ2) is 12.6. The topological polar surface area (TPSA) is 103 Å². The molecule has 0 unspecified atom stereocenters. The predicted octanol–water partition coefficient (Wildman–Crippen LogP) is 5.71. The van der Waals surface area contributed by atoms with E-state index >= 15 is 0 Å². The van der Waals surface area contributed by atoms with Crippen molar-refractivity contribution in [3.05, 3.63) is 65.6 Å². The maximum atomic E-state index is 14.6. The SMILES string of the molecule is CN(C)CC1CCC([n+]2cc(NC(=O)Nc3cc(NC(=O)[C@@H](F)c4ccccc4F)cc(C(F)(F)F)c3)on2)CC1. The Kier molecular flexibility index (Phi) is 9.21. The Morgan fingerprint density at radius 2 is 1.71 bits per heavy atom. The summed E-state index contributed by atoms with van der Waals surface area (Å²) in [6.45, 7) is 1.00. The number of hydrogen-bond acceptors (Lipinski definition) is 5. The molecular weight excluding hydrogens is 551 g/mol. The molecule has 0 aliphatic heterocycles. The molecule has 1 aromatic heterocycles. The zero-order valence-corrected chi connectivity index (χ0v) is 22.3. The number of halogens is 5. The van der Waals surface area contributed by atoms with Crippen molar-refractivity contribution in [1.29, 1.82) is 0 Å². The molecule has 4 rings (SSSR count). The number of carbonyl (C=O) groups excluding carboxylic acids is 2. The van der Waals surface area contributed by atoms with E-state index in [0.29, 0.717) is 18.1 Å². The average molecular weight is 582 g/mol. The number of anilines is 3. The molecular formula is C27H30F5N6O3+. The van der Waals surface area contributed by atoms with Gasteiger partial charge >= 0.3 is 18.1 Å². The number of amides is 3. The van der Waals surface area contributed by atoms with Crippen LogP contribution in [0.3, 0.4) is 0 Å². The van der Waals surface area contributed by atoms with Gasteiger partial charge in [-0.25, -0.2) is 13.6 Å². The van der Waals surface area contributed by atoms with Gasteiger partial charge in [-0.05, 0) is 61.8 Å². The molecule has 0 bridgehead atoms. The zero-order chi connectivity index (χ0) is 29.7. The summed E-state index contributed by atoms with van der Waals surface area (Å²) in [5.74, 6) is -1.80. The van der Waals surface area contributed by atoms with E-state index in [9.17, 15) is 31.5 Å². The smallest absolute Gasteiger partial charge is 0.323 e. The van der Waals surface area contributed by atoms with E-state index in [4.69, 9.17) is 4.52 Å². The number of rotatable bonds is 8. The largest absolute Gasteiger partial charge is 0.416 e. The van der Waals surface area contributed by atoms with Gasteiger partial charge in [-0.1, -0.05) is 18.2 Å². The highest BCUT2D eigenvalue weighted by Gasteiger charge is 2.33. The number of hydrogen-bond donors (Lipinski definition) is 3. The second-order valence-corrected chi connectivity index (χ2v) is 10.2. The van der Waals surface area contributed by atoms with Gasteiger partial charge in [0.15, 0.2) is 6.04 Å². The quantitative estimate of drug-likeness (QED) is 0.234. The van der Waals surface area contributed by atoms with Crippen LogP contribution < -0.4 is 20.6 Å². The van der Waals surface area contributed by atoms with Crippen molar-refractivity contribution in [2.24, 2.45) is 5.92 Å². The Labute approximate surface area is 232 Å². The summed E-state index contributed by atoms with van der Waals surface area (Å²) >= 11 is 0. The summed E-state index contributed by atoms with van der Waals surface area (Å²) in [7, 11) is 4.07. The number of aromatic nitrogens is 2. The minimum atomic E-state index is -4.85. The lowest BCUT2D eigenvalue weighted by Crippen LogP contribution is -2.43. The van der Waals surface area contributed by atoms with E-state index < -0.39 is 46.9 Å². The van der Waals surface area contributed by atoms with Gasteiger partial charge in [0.2, 0.25) is 11.4 Å². The predicted molar refractivity (Wildman–Crippen MR) is 139 cm³/mol. The van der Waals surface area contributed by atoms with Crippen LogP contribution >= 0.6 is 0 Å². The molecule has 220 valence electrons. The van der Waals surface area contributed by atoms with Crippen LogP contribution in [0.5, 0.6) is 0 Å². The van der Waals surface area contributed by atoms with Crippen LogP contribution in [0.25, 0.3) is 0 Å². The van der Waals surface area contributed by atoms with E-state index in [1.807, 2.05) is 19.4 Å². The van der Waals surface area contributed by atoms with Crippen LogP contribution in [-0.2, 0) is 11.0 Å². The number of carbonyl (C=O) groups is 2. The van der Waals surface area contributed by atoms with E-state index in [1.165, 1.54) is 18.3 Å². The molecule has 1 atom stereocenters. The first-order valence-corrected chi connectivity index (χ1v) is 12.9. The van der Waals surface area contributed by atoms with Gasteiger partial charge in [0, 0.05) is 36.3 Å². The Hall–Kier alpha value is -4.07. The number of urea groups is 1. The van der Waals surface area contributed by atoms with Gasteiger partial charge in [0.05, 0.1) is 5.56 Å². The summed E-state index contributed by atoms with van der Waals surface area (Å²) in [5, 5.41) is 10.6. The molecule has 3 aromatic rings. The van der Waals surface area contributed by atoms with Gasteiger partial charge in [-0.15, -0.1) is 0 Å². The second-order valence-electron chi connectivity index (χ2n) is 10.2. The van der Waals surface area contributed by atoms with E-state index in [0.717, 1.165) is 50.4 Å². The molecule has 2 aromatic carbocycles. The first kappa shape index (κ1) is 29.9. The minimum absolute atomic E-state index is 0.0245. The molecule has 0 spiro atoms. The third-order valence-corrected chi connectivity index (χ3v) is 6.73. The van der Waals surface area contributed by atoms with E-state index in [1.54, 1.807) is 4.68 Å². The van der Waals surface area contributed by atoms with Crippen molar-refractivity contribution < 1.29 is 40.7 Å².